The lowest BCUT2D eigenvalue weighted by Crippen LogP contribution is -2.16. The quantitative estimate of drug-likeness (QED) is 0.412. The number of methoxy groups -OCH3 is 3. The van der Waals surface area contributed by atoms with E-state index in [1.165, 1.54) is 10.4 Å². The van der Waals surface area contributed by atoms with Crippen molar-refractivity contribution in [3.8, 4) is 23.0 Å². The van der Waals surface area contributed by atoms with Crippen LogP contribution in [0.4, 0.5) is 0 Å². The summed E-state index contributed by atoms with van der Waals surface area (Å²) in [6, 6.07) is 16.2. The Morgan fingerprint density at radius 2 is 1.47 bits per heavy atom. The summed E-state index contributed by atoms with van der Waals surface area (Å²) >= 11 is 1.68. The van der Waals surface area contributed by atoms with Gasteiger partial charge in [-0.3, -0.25) is 0 Å². The minimum Gasteiger partial charge on any atom is -0.493 e. The molecule has 162 valence electrons. The third-order valence-corrected chi connectivity index (χ3v) is 5.40. The van der Waals surface area contributed by atoms with Gasteiger partial charge in [0.15, 0.2) is 23.0 Å². The molecule has 0 amide bonds. The van der Waals surface area contributed by atoms with Gasteiger partial charge in [0.2, 0.25) is 0 Å². The third-order valence-electron chi connectivity index (χ3n) is 4.55. The van der Waals surface area contributed by atoms with Crippen molar-refractivity contribution in [3.63, 3.8) is 0 Å². The van der Waals surface area contributed by atoms with Crippen molar-refractivity contribution in [1.82, 2.24) is 5.32 Å². The second kappa shape index (κ2) is 12.3. The maximum atomic E-state index is 5.89. The molecule has 7 heteroatoms. The van der Waals surface area contributed by atoms with E-state index in [4.69, 9.17) is 18.9 Å². The maximum absolute atomic E-state index is 5.89. The molecule has 0 fully saturated rings. The average Bonchev–Trinajstić information content (AvgIpc) is 3.29. The second-order valence-corrected chi connectivity index (χ2v) is 7.50. The molecule has 1 N–H and O–H groups in total. The van der Waals surface area contributed by atoms with E-state index < -0.39 is 0 Å². The molecule has 0 bridgehead atoms. The molecule has 0 aliphatic rings. The van der Waals surface area contributed by atoms with Gasteiger partial charge < -0.3 is 24.3 Å². The number of benzene rings is 2. The van der Waals surface area contributed by atoms with Crippen molar-refractivity contribution in [2.75, 3.05) is 27.9 Å². The van der Waals surface area contributed by atoms with Gasteiger partial charge in [-0.2, -0.15) is 0 Å². The molecular weight excluding hydrogens is 422 g/mol. The van der Waals surface area contributed by atoms with Crippen LogP contribution in [0.1, 0.15) is 16.0 Å². The first kappa shape index (κ1) is 23.9. The molecule has 0 aliphatic heterocycles. The number of ether oxygens (including phenoxy) is 4. The molecule has 1 heterocycles. The first-order valence-electron chi connectivity index (χ1n) is 9.47. The Kier molecular flexibility index (Phi) is 9.80. The molecule has 1 aromatic heterocycles. The van der Waals surface area contributed by atoms with Gasteiger partial charge in [0, 0.05) is 11.4 Å². The highest BCUT2D eigenvalue weighted by Gasteiger charge is 2.07. The SMILES string of the molecule is COc1ccc(CCNCc2ccc(OCc3cccs3)c(OC)c2)cc1OC.Cl. The molecule has 0 radical (unpaired) electrons. The van der Waals surface area contributed by atoms with Crippen LogP contribution in [0.5, 0.6) is 23.0 Å². The maximum Gasteiger partial charge on any atom is 0.161 e. The van der Waals surface area contributed by atoms with Gasteiger partial charge in [-0.25, -0.2) is 0 Å². The molecule has 3 rings (SSSR count). The molecule has 0 saturated heterocycles. The Balaban J connectivity index is 0.00000320. The molecule has 0 unspecified atom stereocenters. The highest BCUT2D eigenvalue weighted by atomic mass is 35.5. The molecule has 3 aromatic rings. The summed E-state index contributed by atoms with van der Waals surface area (Å²) in [6.45, 7) is 2.17. The summed E-state index contributed by atoms with van der Waals surface area (Å²) in [7, 11) is 4.97. The fourth-order valence-corrected chi connectivity index (χ4v) is 3.60. The van der Waals surface area contributed by atoms with Crippen LogP contribution in [0.2, 0.25) is 0 Å². The topological polar surface area (TPSA) is 49.0 Å². The predicted molar refractivity (Wildman–Crippen MR) is 124 cm³/mol. The van der Waals surface area contributed by atoms with E-state index in [0.717, 1.165) is 48.1 Å². The minimum atomic E-state index is 0. The summed E-state index contributed by atoms with van der Waals surface area (Å²) in [6.07, 6.45) is 0.902. The van der Waals surface area contributed by atoms with Gasteiger partial charge in [0.1, 0.15) is 6.61 Å². The minimum absolute atomic E-state index is 0. The van der Waals surface area contributed by atoms with Crippen molar-refractivity contribution >= 4 is 23.7 Å². The molecular formula is C23H28ClNO4S. The van der Waals surface area contributed by atoms with Crippen molar-refractivity contribution < 1.29 is 18.9 Å². The first-order chi connectivity index (χ1) is 14.2. The molecule has 0 aliphatic carbocycles. The Morgan fingerprint density at radius 3 is 2.17 bits per heavy atom. The van der Waals surface area contributed by atoms with E-state index >= 15 is 0 Å². The van der Waals surface area contributed by atoms with Crippen LogP contribution in [-0.2, 0) is 19.6 Å². The monoisotopic (exact) mass is 449 g/mol. The van der Waals surface area contributed by atoms with E-state index in [2.05, 4.69) is 23.5 Å². The lowest BCUT2D eigenvalue weighted by atomic mass is 10.1. The zero-order valence-electron chi connectivity index (χ0n) is 17.5. The van der Waals surface area contributed by atoms with Gasteiger partial charge in [-0.1, -0.05) is 18.2 Å². The fraction of sp³-hybridized carbons (Fsp3) is 0.304. The molecule has 5 nitrogen and oxygen atoms in total. The summed E-state index contributed by atoms with van der Waals surface area (Å²) < 4.78 is 22.0. The van der Waals surface area contributed by atoms with E-state index in [1.807, 2.05) is 35.7 Å². The number of rotatable bonds is 11. The molecule has 0 saturated carbocycles. The smallest absolute Gasteiger partial charge is 0.161 e. The van der Waals surface area contributed by atoms with Crippen molar-refractivity contribution in [1.29, 1.82) is 0 Å². The number of thiophene rings is 1. The van der Waals surface area contributed by atoms with Gasteiger partial charge in [-0.15, -0.1) is 23.7 Å². The van der Waals surface area contributed by atoms with Gasteiger partial charge in [-0.05, 0) is 59.8 Å². The van der Waals surface area contributed by atoms with Crippen LogP contribution in [0.25, 0.3) is 0 Å². The van der Waals surface area contributed by atoms with Gasteiger partial charge in [0.05, 0.1) is 21.3 Å². The summed E-state index contributed by atoms with van der Waals surface area (Å²) in [5.74, 6) is 3.02. The molecule has 2 aromatic carbocycles. The Labute approximate surface area is 188 Å². The zero-order chi connectivity index (χ0) is 20.5. The zero-order valence-corrected chi connectivity index (χ0v) is 19.1. The Bertz CT molecular complexity index is 902. The summed E-state index contributed by atoms with van der Waals surface area (Å²) in [5.41, 5.74) is 2.35. The normalized spacial score (nSPS) is 10.2. The van der Waals surface area contributed by atoms with Crippen molar-refractivity contribution in [3.05, 3.63) is 69.9 Å². The highest BCUT2D eigenvalue weighted by Crippen LogP contribution is 2.29. The third kappa shape index (κ3) is 6.55. The van der Waals surface area contributed by atoms with Crippen molar-refractivity contribution in [2.24, 2.45) is 0 Å². The predicted octanol–water partition coefficient (Wildman–Crippen LogP) is 5.11. The van der Waals surface area contributed by atoms with Crippen LogP contribution in [-0.4, -0.2) is 27.9 Å². The molecule has 0 atom stereocenters. The number of hydrogen-bond donors (Lipinski definition) is 1. The van der Waals surface area contributed by atoms with Gasteiger partial charge in [0.25, 0.3) is 0 Å². The summed E-state index contributed by atoms with van der Waals surface area (Å²) in [4.78, 5) is 1.19. The largest absolute Gasteiger partial charge is 0.493 e. The van der Waals surface area contributed by atoms with E-state index in [0.29, 0.717) is 6.61 Å². The molecule has 0 spiro atoms. The van der Waals surface area contributed by atoms with E-state index in [-0.39, 0.29) is 12.4 Å². The second-order valence-electron chi connectivity index (χ2n) is 6.47. The highest BCUT2D eigenvalue weighted by molar-refractivity contribution is 7.09. The number of hydrogen-bond acceptors (Lipinski definition) is 6. The number of halogens is 1. The lowest BCUT2D eigenvalue weighted by Gasteiger charge is -2.13. The van der Waals surface area contributed by atoms with Crippen LogP contribution < -0.4 is 24.3 Å². The standard InChI is InChI=1S/C23H27NO4S.ClH/c1-25-20-8-6-17(13-22(20)26-2)10-11-24-15-18-7-9-21(23(14-18)27-3)28-16-19-5-4-12-29-19;/h4-9,12-14,24H,10-11,15-16H2,1-3H3;1H. The van der Waals surface area contributed by atoms with Gasteiger partial charge >= 0.3 is 0 Å². The van der Waals surface area contributed by atoms with Crippen LogP contribution in [0, 0.1) is 0 Å². The van der Waals surface area contributed by atoms with E-state index in [9.17, 15) is 0 Å². The van der Waals surface area contributed by atoms with Crippen LogP contribution in [0.15, 0.2) is 53.9 Å². The Hall–Kier alpha value is -2.41. The Morgan fingerprint density at radius 1 is 0.800 bits per heavy atom. The lowest BCUT2D eigenvalue weighted by molar-refractivity contribution is 0.287. The fourth-order valence-electron chi connectivity index (χ4n) is 2.99. The van der Waals surface area contributed by atoms with E-state index in [1.54, 1.807) is 32.7 Å². The first-order valence-corrected chi connectivity index (χ1v) is 10.3. The van der Waals surface area contributed by atoms with Crippen LogP contribution >= 0.6 is 23.7 Å². The van der Waals surface area contributed by atoms with Crippen molar-refractivity contribution in [2.45, 2.75) is 19.6 Å². The average molecular weight is 450 g/mol. The van der Waals surface area contributed by atoms with Crippen LogP contribution in [0.3, 0.4) is 0 Å². The molecule has 30 heavy (non-hydrogen) atoms. The summed E-state index contributed by atoms with van der Waals surface area (Å²) in [5, 5.41) is 5.52. The number of nitrogens with one attached hydrogen (secondary N) is 1.